The molecule has 2 heterocycles. The molecule has 7 nitrogen and oxygen atoms in total. The molecule has 0 bridgehead atoms. The fourth-order valence-electron chi connectivity index (χ4n) is 3.10. The lowest BCUT2D eigenvalue weighted by atomic mass is 10.1. The van der Waals surface area contributed by atoms with E-state index in [1.807, 2.05) is 41.7 Å². The molecule has 0 unspecified atom stereocenters. The number of piperazine rings is 1. The summed E-state index contributed by atoms with van der Waals surface area (Å²) in [6.07, 6.45) is 3.73. The van der Waals surface area contributed by atoms with E-state index >= 15 is 0 Å². The number of carbonyl (C=O) groups excluding carboxylic acids is 1. The van der Waals surface area contributed by atoms with E-state index in [1.165, 1.54) is 0 Å². The Bertz CT molecular complexity index is 770. The first kappa shape index (κ1) is 18.1. The number of nitrogens with zero attached hydrogens (tertiary/aromatic N) is 5. The summed E-state index contributed by atoms with van der Waals surface area (Å²) in [5.74, 6) is 0.0537. The first-order valence-corrected chi connectivity index (χ1v) is 8.66. The minimum Gasteiger partial charge on any atom is -0.375 e. The van der Waals surface area contributed by atoms with Crippen LogP contribution in [0.15, 0.2) is 36.8 Å². The Hall–Kier alpha value is -2.69. The van der Waals surface area contributed by atoms with Crippen LogP contribution < -0.4 is 0 Å². The van der Waals surface area contributed by atoms with Gasteiger partial charge in [0, 0.05) is 52.6 Å². The van der Waals surface area contributed by atoms with Gasteiger partial charge in [-0.25, -0.2) is 4.98 Å². The molecular formula is C19H23N5O2. The molecule has 1 amide bonds. The number of hydrogen-bond acceptors (Lipinski definition) is 5. The highest BCUT2D eigenvalue weighted by Crippen LogP contribution is 2.12. The van der Waals surface area contributed by atoms with Crippen molar-refractivity contribution in [3.8, 4) is 6.07 Å². The molecule has 136 valence electrons. The molecule has 1 aliphatic rings. The Kier molecular flexibility index (Phi) is 6.00. The number of ether oxygens (including phenoxy) is 1. The van der Waals surface area contributed by atoms with Crippen LogP contribution in [0, 0.1) is 11.3 Å². The van der Waals surface area contributed by atoms with Crippen molar-refractivity contribution >= 4 is 5.91 Å². The van der Waals surface area contributed by atoms with Crippen LogP contribution in [0.3, 0.4) is 0 Å². The molecule has 0 radical (unpaired) electrons. The molecule has 0 spiro atoms. The summed E-state index contributed by atoms with van der Waals surface area (Å²) in [6.45, 7) is 4.83. The Morgan fingerprint density at radius 3 is 2.58 bits per heavy atom. The molecule has 1 aromatic carbocycles. The number of benzene rings is 1. The molecular weight excluding hydrogens is 330 g/mol. The predicted octanol–water partition coefficient (Wildman–Crippen LogP) is 1.09. The van der Waals surface area contributed by atoms with Crippen LogP contribution in [-0.2, 0) is 22.6 Å². The Balaban J connectivity index is 1.56. The first-order valence-electron chi connectivity index (χ1n) is 8.66. The summed E-state index contributed by atoms with van der Waals surface area (Å²) < 4.78 is 7.05. The third kappa shape index (κ3) is 4.48. The second kappa shape index (κ2) is 8.61. The number of carbonyl (C=O) groups is 1. The lowest BCUT2D eigenvalue weighted by molar-refractivity contribution is -0.136. The van der Waals surface area contributed by atoms with Gasteiger partial charge < -0.3 is 14.2 Å². The van der Waals surface area contributed by atoms with Crippen molar-refractivity contribution in [1.29, 1.82) is 5.26 Å². The van der Waals surface area contributed by atoms with E-state index in [-0.39, 0.29) is 12.5 Å². The van der Waals surface area contributed by atoms with E-state index < -0.39 is 0 Å². The van der Waals surface area contributed by atoms with Crippen LogP contribution in [0.1, 0.15) is 16.8 Å². The van der Waals surface area contributed by atoms with Gasteiger partial charge in [-0.3, -0.25) is 9.69 Å². The number of hydrogen-bond donors (Lipinski definition) is 0. The number of imidazole rings is 1. The van der Waals surface area contributed by atoms with Crippen molar-refractivity contribution < 1.29 is 9.53 Å². The molecule has 0 saturated carbocycles. The highest BCUT2D eigenvalue weighted by atomic mass is 16.5. The fourth-order valence-corrected chi connectivity index (χ4v) is 3.10. The van der Waals surface area contributed by atoms with Crippen LogP contribution in [0.25, 0.3) is 0 Å². The van der Waals surface area contributed by atoms with Crippen LogP contribution >= 0.6 is 0 Å². The smallest absolute Gasteiger partial charge is 0.248 e. The quantitative estimate of drug-likeness (QED) is 0.777. The first-order chi connectivity index (χ1) is 12.7. The fraction of sp³-hybridized carbons (Fsp3) is 0.421. The van der Waals surface area contributed by atoms with E-state index in [0.717, 1.165) is 50.5 Å². The number of aromatic nitrogens is 2. The third-order valence-corrected chi connectivity index (χ3v) is 4.61. The van der Waals surface area contributed by atoms with Crippen molar-refractivity contribution in [3.05, 3.63) is 53.6 Å². The van der Waals surface area contributed by atoms with Crippen molar-refractivity contribution in [2.24, 2.45) is 0 Å². The number of methoxy groups -OCH3 is 1. The Morgan fingerprint density at radius 1 is 1.19 bits per heavy atom. The second-order valence-corrected chi connectivity index (χ2v) is 6.41. The number of amides is 1. The Morgan fingerprint density at radius 2 is 1.92 bits per heavy atom. The Labute approximate surface area is 153 Å². The maximum Gasteiger partial charge on any atom is 0.248 e. The molecule has 1 saturated heterocycles. The van der Waals surface area contributed by atoms with Crippen molar-refractivity contribution in [3.63, 3.8) is 0 Å². The predicted molar refractivity (Wildman–Crippen MR) is 96.2 cm³/mol. The summed E-state index contributed by atoms with van der Waals surface area (Å²) in [5.41, 5.74) is 2.95. The molecule has 1 aliphatic heterocycles. The minimum atomic E-state index is 0.0537. The SMILES string of the molecule is COCC(=O)N1CCN(Cc2cncn2Cc2ccc(C#N)cc2)CC1. The van der Waals surface area contributed by atoms with E-state index in [1.54, 1.807) is 7.11 Å². The zero-order chi connectivity index (χ0) is 18.4. The summed E-state index contributed by atoms with van der Waals surface area (Å²) in [6, 6.07) is 9.76. The van der Waals surface area contributed by atoms with Gasteiger partial charge in [0.15, 0.2) is 0 Å². The van der Waals surface area contributed by atoms with Gasteiger partial charge in [-0.1, -0.05) is 12.1 Å². The average molecular weight is 353 g/mol. The van der Waals surface area contributed by atoms with E-state index in [4.69, 9.17) is 10.00 Å². The highest BCUT2D eigenvalue weighted by Gasteiger charge is 2.21. The van der Waals surface area contributed by atoms with Gasteiger partial charge in [-0.2, -0.15) is 5.26 Å². The van der Waals surface area contributed by atoms with Gasteiger partial charge in [-0.05, 0) is 17.7 Å². The third-order valence-electron chi connectivity index (χ3n) is 4.61. The second-order valence-electron chi connectivity index (χ2n) is 6.41. The highest BCUT2D eigenvalue weighted by molar-refractivity contribution is 5.77. The lowest BCUT2D eigenvalue weighted by Gasteiger charge is -2.34. The number of nitriles is 1. The summed E-state index contributed by atoms with van der Waals surface area (Å²) in [5, 5.41) is 8.89. The zero-order valence-electron chi connectivity index (χ0n) is 15.0. The zero-order valence-corrected chi connectivity index (χ0v) is 15.0. The maximum absolute atomic E-state index is 11.9. The van der Waals surface area contributed by atoms with E-state index in [0.29, 0.717) is 5.56 Å². The van der Waals surface area contributed by atoms with Gasteiger partial charge >= 0.3 is 0 Å². The average Bonchev–Trinajstić information content (AvgIpc) is 3.10. The van der Waals surface area contributed by atoms with Gasteiger partial charge in [-0.15, -0.1) is 0 Å². The summed E-state index contributed by atoms with van der Waals surface area (Å²) in [7, 11) is 1.54. The monoisotopic (exact) mass is 353 g/mol. The standard InChI is InChI=1S/C19H23N5O2/c1-26-14-19(25)23-8-6-22(7-9-23)13-18-11-21-15-24(18)12-17-4-2-16(10-20)3-5-17/h2-5,11,15H,6-9,12-14H2,1H3. The molecule has 1 fully saturated rings. The molecule has 26 heavy (non-hydrogen) atoms. The topological polar surface area (TPSA) is 74.4 Å². The van der Waals surface area contributed by atoms with Gasteiger partial charge in [0.1, 0.15) is 6.61 Å². The summed E-state index contributed by atoms with van der Waals surface area (Å²) >= 11 is 0. The normalized spacial score (nSPS) is 15.0. The minimum absolute atomic E-state index is 0.0537. The van der Waals surface area contributed by atoms with Gasteiger partial charge in [0.2, 0.25) is 5.91 Å². The largest absolute Gasteiger partial charge is 0.375 e. The molecule has 0 atom stereocenters. The van der Waals surface area contributed by atoms with Crippen LogP contribution in [-0.4, -0.2) is 65.2 Å². The molecule has 7 heteroatoms. The molecule has 3 rings (SSSR count). The van der Waals surface area contributed by atoms with Crippen molar-refractivity contribution in [2.75, 3.05) is 39.9 Å². The molecule has 1 aromatic heterocycles. The van der Waals surface area contributed by atoms with E-state index in [2.05, 4.69) is 20.5 Å². The summed E-state index contributed by atoms with van der Waals surface area (Å²) in [4.78, 5) is 20.4. The molecule has 2 aromatic rings. The van der Waals surface area contributed by atoms with Gasteiger partial charge in [0.05, 0.1) is 23.7 Å². The van der Waals surface area contributed by atoms with Crippen molar-refractivity contribution in [2.45, 2.75) is 13.1 Å². The molecule has 0 N–H and O–H groups in total. The number of rotatable bonds is 6. The van der Waals surface area contributed by atoms with Crippen molar-refractivity contribution in [1.82, 2.24) is 19.4 Å². The van der Waals surface area contributed by atoms with Crippen LogP contribution in [0.4, 0.5) is 0 Å². The van der Waals surface area contributed by atoms with Crippen LogP contribution in [0.5, 0.6) is 0 Å². The lowest BCUT2D eigenvalue weighted by Crippen LogP contribution is -2.49. The molecule has 0 aliphatic carbocycles. The van der Waals surface area contributed by atoms with Gasteiger partial charge in [0.25, 0.3) is 0 Å². The van der Waals surface area contributed by atoms with E-state index in [9.17, 15) is 4.79 Å². The van der Waals surface area contributed by atoms with Crippen LogP contribution in [0.2, 0.25) is 0 Å². The maximum atomic E-state index is 11.9.